The van der Waals surface area contributed by atoms with Crippen molar-refractivity contribution in [3.05, 3.63) is 59.4 Å². The van der Waals surface area contributed by atoms with Crippen molar-refractivity contribution in [3.63, 3.8) is 0 Å². The van der Waals surface area contributed by atoms with Crippen LogP contribution in [0.15, 0.2) is 36.4 Å². The van der Waals surface area contributed by atoms with Crippen LogP contribution < -0.4 is 10.6 Å². The lowest BCUT2D eigenvalue weighted by atomic mass is 10.1. The van der Waals surface area contributed by atoms with Gasteiger partial charge in [0, 0.05) is 12.6 Å². The Morgan fingerprint density at radius 3 is 2.10 bits per heavy atom. The van der Waals surface area contributed by atoms with Crippen LogP contribution in [-0.2, 0) is 0 Å². The van der Waals surface area contributed by atoms with E-state index in [0.717, 1.165) is 17.0 Å². The standard InChI is InChI=1S/C14H11F3N2S/c1-19(12-5-3-2-4-9(12)15)13-10(16)6-8(14(18)20)7-11(13)17/h2-7H,1H3,(H2,18,20). The lowest BCUT2D eigenvalue weighted by Gasteiger charge is -2.21. The van der Waals surface area contributed by atoms with Gasteiger partial charge in [0.2, 0.25) is 0 Å². The molecule has 0 saturated heterocycles. The number of hydrogen-bond donors (Lipinski definition) is 1. The molecule has 0 aliphatic rings. The minimum Gasteiger partial charge on any atom is -0.389 e. The van der Waals surface area contributed by atoms with Gasteiger partial charge in [0.15, 0.2) is 11.6 Å². The third kappa shape index (κ3) is 2.60. The predicted molar refractivity (Wildman–Crippen MR) is 76.7 cm³/mol. The molecule has 6 heteroatoms. The lowest BCUT2D eigenvalue weighted by Crippen LogP contribution is -2.17. The number of nitrogens with zero attached hydrogens (tertiary/aromatic N) is 1. The van der Waals surface area contributed by atoms with E-state index in [0.29, 0.717) is 0 Å². The van der Waals surface area contributed by atoms with Crippen molar-refractivity contribution in [2.24, 2.45) is 5.73 Å². The molecule has 0 heterocycles. The molecule has 2 nitrogen and oxygen atoms in total. The van der Waals surface area contributed by atoms with Gasteiger partial charge in [0.05, 0.1) is 5.69 Å². The summed E-state index contributed by atoms with van der Waals surface area (Å²) >= 11 is 4.68. The fourth-order valence-corrected chi connectivity index (χ4v) is 1.99. The minimum atomic E-state index is -0.862. The number of hydrogen-bond acceptors (Lipinski definition) is 2. The zero-order chi connectivity index (χ0) is 14.9. The van der Waals surface area contributed by atoms with Crippen molar-refractivity contribution in [3.8, 4) is 0 Å². The van der Waals surface area contributed by atoms with Gasteiger partial charge in [-0.1, -0.05) is 24.4 Å². The molecule has 2 aromatic rings. The Balaban J connectivity index is 2.53. The quantitative estimate of drug-likeness (QED) is 0.879. The molecule has 0 bridgehead atoms. The molecule has 0 amide bonds. The average molecular weight is 296 g/mol. The molecule has 0 aromatic heterocycles. The van der Waals surface area contributed by atoms with E-state index in [1.54, 1.807) is 6.07 Å². The van der Waals surface area contributed by atoms with E-state index in [2.05, 4.69) is 12.2 Å². The predicted octanol–water partition coefficient (Wildman–Crippen LogP) is 3.51. The van der Waals surface area contributed by atoms with E-state index in [-0.39, 0.29) is 21.9 Å². The van der Waals surface area contributed by atoms with Crippen LogP contribution in [-0.4, -0.2) is 12.0 Å². The first kappa shape index (κ1) is 14.3. The third-order valence-corrected chi connectivity index (χ3v) is 3.09. The summed E-state index contributed by atoms with van der Waals surface area (Å²) in [5.74, 6) is -2.30. The summed E-state index contributed by atoms with van der Waals surface area (Å²) in [6, 6.07) is 7.76. The summed E-state index contributed by atoms with van der Waals surface area (Å²) in [6.45, 7) is 0. The van der Waals surface area contributed by atoms with Crippen LogP contribution in [0.1, 0.15) is 5.56 Å². The molecule has 0 saturated carbocycles. The first-order valence-corrected chi connectivity index (χ1v) is 6.09. The highest BCUT2D eigenvalue weighted by Gasteiger charge is 2.19. The molecule has 0 atom stereocenters. The fourth-order valence-electron chi connectivity index (χ4n) is 1.87. The van der Waals surface area contributed by atoms with Crippen molar-refractivity contribution in [2.45, 2.75) is 0 Å². The van der Waals surface area contributed by atoms with Gasteiger partial charge < -0.3 is 10.6 Å². The highest BCUT2D eigenvalue weighted by atomic mass is 32.1. The third-order valence-electron chi connectivity index (χ3n) is 2.85. The maximum atomic E-state index is 14.0. The summed E-state index contributed by atoms with van der Waals surface area (Å²) < 4.78 is 41.7. The van der Waals surface area contributed by atoms with E-state index in [4.69, 9.17) is 5.73 Å². The highest BCUT2D eigenvalue weighted by Crippen LogP contribution is 2.31. The van der Waals surface area contributed by atoms with E-state index < -0.39 is 17.5 Å². The zero-order valence-corrected chi connectivity index (χ0v) is 11.3. The molecule has 0 fully saturated rings. The van der Waals surface area contributed by atoms with Crippen LogP contribution in [0.4, 0.5) is 24.5 Å². The van der Waals surface area contributed by atoms with Crippen molar-refractivity contribution in [2.75, 3.05) is 11.9 Å². The minimum absolute atomic E-state index is 0.0633. The molecule has 2 rings (SSSR count). The monoisotopic (exact) mass is 296 g/mol. The smallest absolute Gasteiger partial charge is 0.150 e. The largest absolute Gasteiger partial charge is 0.389 e. The Kier molecular flexibility index (Phi) is 3.94. The molecular weight excluding hydrogens is 285 g/mol. The Labute approximate surface area is 119 Å². The molecule has 0 aliphatic heterocycles. The van der Waals surface area contributed by atoms with Crippen LogP contribution in [0, 0.1) is 17.5 Å². The maximum absolute atomic E-state index is 14.0. The van der Waals surface area contributed by atoms with Crippen molar-refractivity contribution in [1.82, 2.24) is 0 Å². The SMILES string of the molecule is CN(c1ccccc1F)c1c(F)cc(C(N)=S)cc1F. The summed E-state index contributed by atoms with van der Waals surface area (Å²) in [6.07, 6.45) is 0. The Morgan fingerprint density at radius 2 is 1.60 bits per heavy atom. The topological polar surface area (TPSA) is 29.3 Å². The van der Waals surface area contributed by atoms with Gasteiger partial charge in [-0.15, -0.1) is 0 Å². The van der Waals surface area contributed by atoms with Gasteiger partial charge in [0.25, 0.3) is 0 Å². The molecular formula is C14H11F3N2S. The zero-order valence-electron chi connectivity index (χ0n) is 10.5. The number of halogens is 3. The number of para-hydroxylation sites is 1. The number of thiocarbonyl (C=S) groups is 1. The van der Waals surface area contributed by atoms with Crippen molar-refractivity contribution < 1.29 is 13.2 Å². The van der Waals surface area contributed by atoms with Gasteiger partial charge in [-0.05, 0) is 24.3 Å². The van der Waals surface area contributed by atoms with Gasteiger partial charge in [-0.25, -0.2) is 13.2 Å². The van der Waals surface area contributed by atoms with Crippen LogP contribution in [0.5, 0.6) is 0 Å². The van der Waals surface area contributed by atoms with Gasteiger partial charge in [0.1, 0.15) is 16.5 Å². The number of rotatable bonds is 3. The van der Waals surface area contributed by atoms with Crippen molar-refractivity contribution >= 4 is 28.6 Å². The molecule has 20 heavy (non-hydrogen) atoms. The molecule has 0 radical (unpaired) electrons. The van der Waals surface area contributed by atoms with E-state index in [1.165, 1.54) is 25.2 Å². The Bertz CT molecular complexity index is 650. The Hall–Kier alpha value is -2.08. The van der Waals surface area contributed by atoms with Crippen LogP contribution in [0.25, 0.3) is 0 Å². The van der Waals surface area contributed by atoms with E-state index >= 15 is 0 Å². The summed E-state index contributed by atoms with van der Waals surface area (Å²) in [4.78, 5) is 0.992. The number of nitrogens with two attached hydrogens (primary N) is 1. The highest BCUT2D eigenvalue weighted by molar-refractivity contribution is 7.80. The number of benzene rings is 2. The summed E-state index contributed by atoms with van der Waals surface area (Å²) in [5, 5.41) is 0. The molecule has 0 aliphatic carbocycles. The maximum Gasteiger partial charge on any atom is 0.150 e. The van der Waals surface area contributed by atoms with Crippen LogP contribution in [0.3, 0.4) is 0 Å². The first-order chi connectivity index (χ1) is 9.41. The van der Waals surface area contributed by atoms with Gasteiger partial charge >= 0.3 is 0 Å². The molecule has 0 unspecified atom stereocenters. The Morgan fingerprint density at radius 1 is 1.05 bits per heavy atom. The second kappa shape index (κ2) is 5.50. The van der Waals surface area contributed by atoms with E-state index in [1.807, 2.05) is 0 Å². The number of anilines is 2. The van der Waals surface area contributed by atoms with Crippen LogP contribution >= 0.6 is 12.2 Å². The van der Waals surface area contributed by atoms with E-state index in [9.17, 15) is 13.2 Å². The fraction of sp³-hybridized carbons (Fsp3) is 0.0714. The van der Waals surface area contributed by atoms with Gasteiger partial charge in [-0.2, -0.15) is 0 Å². The second-order valence-corrected chi connectivity index (χ2v) is 4.60. The molecule has 0 spiro atoms. The van der Waals surface area contributed by atoms with Crippen LogP contribution in [0.2, 0.25) is 0 Å². The average Bonchev–Trinajstić information content (AvgIpc) is 2.38. The summed E-state index contributed by atoms with van der Waals surface area (Å²) in [7, 11) is 1.38. The second-order valence-electron chi connectivity index (χ2n) is 4.16. The van der Waals surface area contributed by atoms with Gasteiger partial charge in [-0.3, -0.25) is 0 Å². The molecule has 104 valence electrons. The normalized spacial score (nSPS) is 10.4. The molecule has 2 N–H and O–H groups in total. The molecule has 2 aromatic carbocycles. The first-order valence-electron chi connectivity index (χ1n) is 5.69. The van der Waals surface area contributed by atoms with Crippen molar-refractivity contribution in [1.29, 1.82) is 0 Å². The lowest BCUT2D eigenvalue weighted by molar-refractivity contribution is 0.580. The summed E-state index contributed by atoms with van der Waals surface area (Å²) in [5.41, 5.74) is 5.12.